The zero-order valence-electron chi connectivity index (χ0n) is 25.9. The average molecular weight is 571 g/mol. The third-order valence-corrected chi connectivity index (χ3v) is 11.0. The lowest BCUT2D eigenvalue weighted by atomic mass is 9.43. The molecular formula is C35H47BN2O4. The predicted octanol–water partition coefficient (Wildman–Crippen LogP) is 5.63. The summed E-state index contributed by atoms with van der Waals surface area (Å²) in [6.07, 6.45) is 6.16. The zero-order chi connectivity index (χ0) is 29.6. The van der Waals surface area contributed by atoms with Crippen molar-refractivity contribution >= 4 is 18.9 Å². The normalized spacial score (nSPS) is 30.5. The standard InChI is InChI=1S/C35H47BN2O4/c1-22(2)18-31(36-41-30-21-25-20-29(34(25,3)4)35(30,5)42-36)38-33(40)28(19-23-12-7-6-8-13-23)37-32(39)27-17-11-15-24-14-9-10-16-26(24)27/h6-10,12-14,16,22,25,27-31H,11,15,17-21H2,1-5H3,(H,37,39)(H,38,40)/t25?,27-,28-,29?,30+,31-,35+/m0/s1. The summed E-state index contributed by atoms with van der Waals surface area (Å²) in [5.74, 6) is 0.655. The molecule has 3 saturated carbocycles. The number of amides is 2. The van der Waals surface area contributed by atoms with Crippen molar-refractivity contribution in [3.63, 3.8) is 0 Å². The largest absolute Gasteiger partial charge is 0.481 e. The van der Waals surface area contributed by atoms with Crippen LogP contribution in [-0.2, 0) is 31.7 Å². The molecule has 1 saturated heterocycles. The topological polar surface area (TPSA) is 76.7 Å². The van der Waals surface area contributed by atoms with Crippen molar-refractivity contribution in [1.82, 2.24) is 10.6 Å². The summed E-state index contributed by atoms with van der Waals surface area (Å²) in [5, 5.41) is 6.48. The van der Waals surface area contributed by atoms with Gasteiger partial charge in [0, 0.05) is 6.42 Å². The van der Waals surface area contributed by atoms with Gasteiger partial charge in [-0.05, 0) is 85.3 Å². The van der Waals surface area contributed by atoms with E-state index >= 15 is 0 Å². The summed E-state index contributed by atoms with van der Waals surface area (Å²) in [6, 6.07) is 17.4. The maximum atomic E-state index is 14.1. The first kappa shape index (κ1) is 29.4. The van der Waals surface area contributed by atoms with Crippen molar-refractivity contribution in [2.75, 3.05) is 0 Å². The molecule has 2 aromatic rings. The van der Waals surface area contributed by atoms with Gasteiger partial charge in [0.05, 0.1) is 23.6 Å². The number of nitrogens with one attached hydrogen (secondary N) is 2. The van der Waals surface area contributed by atoms with Gasteiger partial charge >= 0.3 is 7.12 Å². The minimum Gasteiger partial charge on any atom is -0.404 e. The van der Waals surface area contributed by atoms with Crippen LogP contribution in [0, 0.1) is 23.2 Å². The Balaban J connectivity index is 1.21. The molecule has 0 radical (unpaired) electrons. The second-order valence-electron chi connectivity index (χ2n) is 14.5. The lowest BCUT2D eigenvalue weighted by molar-refractivity contribution is -0.199. The van der Waals surface area contributed by atoms with Crippen LogP contribution in [0.15, 0.2) is 54.6 Å². The lowest BCUT2D eigenvalue weighted by Gasteiger charge is -2.64. The third-order valence-electron chi connectivity index (χ3n) is 11.0. The maximum absolute atomic E-state index is 14.1. The van der Waals surface area contributed by atoms with Crippen LogP contribution < -0.4 is 10.6 Å². The molecule has 5 aliphatic rings. The van der Waals surface area contributed by atoms with Gasteiger partial charge in [0.15, 0.2) is 0 Å². The number of aryl methyl sites for hydroxylation is 1. The van der Waals surface area contributed by atoms with Gasteiger partial charge in [0.25, 0.3) is 0 Å². The summed E-state index contributed by atoms with van der Waals surface area (Å²) < 4.78 is 13.4. The molecule has 0 spiro atoms. The number of fused-ring (bicyclic) bond motifs is 1. The van der Waals surface area contributed by atoms with Crippen LogP contribution in [0.3, 0.4) is 0 Å². The number of carbonyl (C=O) groups excluding carboxylic acids is 2. The van der Waals surface area contributed by atoms with E-state index in [2.05, 4.69) is 57.4 Å². The number of benzene rings is 2. The van der Waals surface area contributed by atoms with E-state index in [9.17, 15) is 9.59 Å². The molecule has 4 fully saturated rings. The molecule has 42 heavy (non-hydrogen) atoms. The molecule has 7 heteroatoms. The van der Waals surface area contributed by atoms with Crippen LogP contribution in [0.4, 0.5) is 0 Å². The van der Waals surface area contributed by atoms with Gasteiger partial charge in [-0.2, -0.15) is 0 Å². The molecule has 2 bridgehead atoms. The fraction of sp³-hybridized carbons (Fsp3) is 0.600. The molecule has 6 nitrogen and oxygen atoms in total. The van der Waals surface area contributed by atoms with E-state index in [4.69, 9.17) is 9.31 Å². The van der Waals surface area contributed by atoms with E-state index in [0.29, 0.717) is 24.2 Å². The quantitative estimate of drug-likeness (QED) is 0.383. The van der Waals surface area contributed by atoms with Crippen molar-refractivity contribution < 1.29 is 18.9 Å². The van der Waals surface area contributed by atoms with Crippen LogP contribution >= 0.6 is 0 Å². The SMILES string of the molecule is CC(C)C[C@H](NC(=O)[C@H](Cc1ccccc1)NC(=O)[C@H]1CCCc2ccccc21)B1O[C@@H]2CC3CC(C3(C)C)[C@@]2(C)O1. The van der Waals surface area contributed by atoms with Crippen LogP contribution in [0.2, 0.25) is 0 Å². The highest BCUT2D eigenvalue weighted by Crippen LogP contribution is 2.65. The third kappa shape index (κ3) is 5.43. The summed E-state index contributed by atoms with van der Waals surface area (Å²) in [5.41, 5.74) is 3.24. The number of hydrogen-bond acceptors (Lipinski definition) is 4. The molecule has 2 N–H and O–H groups in total. The second kappa shape index (κ2) is 11.5. The monoisotopic (exact) mass is 570 g/mol. The van der Waals surface area contributed by atoms with Gasteiger partial charge in [-0.3, -0.25) is 9.59 Å². The lowest BCUT2D eigenvalue weighted by Crippen LogP contribution is -2.65. The average Bonchev–Trinajstić information content (AvgIpc) is 3.33. The Labute approximate surface area is 251 Å². The maximum Gasteiger partial charge on any atom is 0.481 e. The van der Waals surface area contributed by atoms with Crippen molar-refractivity contribution in [2.24, 2.45) is 23.2 Å². The van der Waals surface area contributed by atoms with E-state index in [0.717, 1.165) is 43.2 Å². The summed E-state index contributed by atoms with van der Waals surface area (Å²) >= 11 is 0. The Hall–Kier alpha value is -2.64. The van der Waals surface area contributed by atoms with E-state index in [1.54, 1.807) is 0 Å². The van der Waals surface area contributed by atoms with Crippen LogP contribution in [0.5, 0.6) is 0 Å². The van der Waals surface area contributed by atoms with Crippen LogP contribution in [-0.4, -0.2) is 42.6 Å². The summed E-state index contributed by atoms with van der Waals surface area (Å²) in [4.78, 5) is 27.9. The Morgan fingerprint density at radius 2 is 1.74 bits per heavy atom. The van der Waals surface area contributed by atoms with E-state index < -0.39 is 13.2 Å². The van der Waals surface area contributed by atoms with Crippen LogP contribution in [0.1, 0.15) is 89.3 Å². The van der Waals surface area contributed by atoms with Gasteiger partial charge in [-0.1, -0.05) is 82.3 Å². The molecule has 2 aromatic carbocycles. The second-order valence-corrected chi connectivity index (χ2v) is 14.5. The van der Waals surface area contributed by atoms with Crippen molar-refractivity contribution in [1.29, 1.82) is 0 Å². The molecule has 7 atom stereocenters. The highest BCUT2D eigenvalue weighted by atomic mass is 16.7. The first-order valence-electron chi connectivity index (χ1n) is 16.1. The highest BCUT2D eigenvalue weighted by molar-refractivity contribution is 6.48. The van der Waals surface area contributed by atoms with Gasteiger partial charge in [0.2, 0.25) is 11.8 Å². The Morgan fingerprint density at radius 1 is 1.00 bits per heavy atom. The molecule has 4 aliphatic carbocycles. The highest BCUT2D eigenvalue weighted by Gasteiger charge is 2.68. The molecule has 224 valence electrons. The van der Waals surface area contributed by atoms with Crippen molar-refractivity contribution in [3.8, 4) is 0 Å². The molecule has 2 unspecified atom stereocenters. The molecule has 0 aromatic heterocycles. The minimum absolute atomic E-state index is 0.0528. The number of carbonyl (C=O) groups is 2. The molecular weight excluding hydrogens is 523 g/mol. The molecule has 1 aliphatic heterocycles. The predicted molar refractivity (Wildman–Crippen MR) is 166 cm³/mol. The number of hydrogen-bond donors (Lipinski definition) is 2. The minimum atomic E-state index is -0.699. The van der Waals surface area contributed by atoms with Gasteiger partial charge < -0.3 is 19.9 Å². The van der Waals surface area contributed by atoms with Crippen molar-refractivity contribution in [2.45, 2.75) is 109 Å². The molecule has 2 amide bonds. The Morgan fingerprint density at radius 3 is 2.48 bits per heavy atom. The first-order chi connectivity index (χ1) is 20.1. The van der Waals surface area contributed by atoms with Gasteiger partial charge in [0.1, 0.15) is 6.04 Å². The molecule has 7 rings (SSSR count). The van der Waals surface area contributed by atoms with Crippen molar-refractivity contribution in [3.05, 3.63) is 71.3 Å². The zero-order valence-corrected chi connectivity index (χ0v) is 25.9. The fourth-order valence-electron chi connectivity index (χ4n) is 8.46. The van der Waals surface area contributed by atoms with Gasteiger partial charge in [-0.25, -0.2) is 0 Å². The summed E-state index contributed by atoms with van der Waals surface area (Å²) in [7, 11) is -0.500. The smallest absolute Gasteiger partial charge is 0.404 e. The van der Waals surface area contributed by atoms with Crippen LogP contribution in [0.25, 0.3) is 0 Å². The Kier molecular flexibility index (Phi) is 8.03. The number of rotatable bonds is 9. The Bertz CT molecular complexity index is 1300. The summed E-state index contributed by atoms with van der Waals surface area (Å²) in [6.45, 7) is 11.3. The first-order valence-corrected chi connectivity index (χ1v) is 16.1. The van der Waals surface area contributed by atoms with Gasteiger partial charge in [-0.15, -0.1) is 0 Å². The fourth-order valence-corrected chi connectivity index (χ4v) is 8.46. The molecule has 1 heterocycles. The van der Waals surface area contributed by atoms with E-state index in [-0.39, 0.29) is 40.8 Å². The van der Waals surface area contributed by atoms with E-state index in [1.165, 1.54) is 12.0 Å². The van der Waals surface area contributed by atoms with E-state index in [1.807, 2.05) is 42.5 Å².